The lowest BCUT2D eigenvalue weighted by atomic mass is 10.2. The summed E-state index contributed by atoms with van der Waals surface area (Å²) in [5, 5.41) is 12.2. The van der Waals surface area contributed by atoms with E-state index in [0.717, 1.165) is 5.69 Å². The Kier molecular flexibility index (Phi) is 4.28. The Morgan fingerprint density at radius 3 is 2.55 bits per heavy atom. The van der Waals surface area contributed by atoms with Gasteiger partial charge in [0.2, 0.25) is 0 Å². The van der Waals surface area contributed by atoms with Crippen LogP contribution >= 0.6 is 11.6 Å². The Balaban J connectivity index is 2.30. The molecule has 0 aliphatic heterocycles. The Bertz CT molecular complexity index is 668. The second kappa shape index (κ2) is 6.13. The zero-order valence-electron chi connectivity index (χ0n) is 11.0. The van der Waals surface area contributed by atoms with Gasteiger partial charge in [0.1, 0.15) is 11.0 Å². The van der Waals surface area contributed by atoms with Crippen molar-refractivity contribution in [2.24, 2.45) is 0 Å². The first kappa shape index (κ1) is 14.0. The predicted molar refractivity (Wildman–Crippen MR) is 76.8 cm³/mol. The fourth-order valence-corrected chi connectivity index (χ4v) is 1.90. The van der Waals surface area contributed by atoms with Gasteiger partial charge in [0, 0.05) is 11.8 Å². The van der Waals surface area contributed by atoms with Gasteiger partial charge in [0.25, 0.3) is 0 Å². The van der Waals surface area contributed by atoms with Crippen molar-refractivity contribution in [2.45, 2.75) is 0 Å². The minimum atomic E-state index is 0.257. The van der Waals surface area contributed by atoms with Gasteiger partial charge in [-0.1, -0.05) is 11.6 Å². The molecule has 20 heavy (non-hydrogen) atoms. The molecule has 0 aliphatic rings. The van der Waals surface area contributed by atoms with E-state index >= 15 is 0 Å². The molecule has 1 N–H and O–H groups in total. The van der Waals surface area contributed by atoms with E-state index in [4.69, 9.17) is 26.3 Å². The van der Waals surface area contributed by atoms with E-state index < -0.39 is 0 Å². The summed E-state index contributed by atoms with van der Waals surface area (Å²) in [6.07, 6.45) is 0. The highest BCUT2D eigenvalue weighted by Gasteiger charge is 2.06. The molecule has 2 rings (SSSR count). The van der Waals surface area contributed by atoms with E-state index in [1.165, 1.54) is 6.07 Å². The molecule has 0 fully saturated rings. The summed E-state index contributed by atoms with van der Waals surface area (Å²) in [5.74, 6) is 1.72. The molecular formula is C14H12ClN3O2. The average Bonchev–Trinajstić information content (AvgIpc) is 2.46. The topological polar surface area (TPSA) is 67.2 Å². The summed E-state index contributed by atoms with van der Waals surface area (Å²) in [5.41, 5.74) is 1.19. The molecule has 1 aromatic heterocycles. The smallest absolute Gasteiger partial charge is 0.162 e. The lowest BCUT2D eigenvalue weighted by molar-refractivity contribution is 0.355. The average molecular weight is 290 g/mol. The minimum absolute atomic E-state index is 0.257. The summed E-state index contributed by atoms with van der Waals surface area (Å²) in [6.45, 7) is 0. The second-order valence-corrected chi connectivity index (χ2v) is 4.26. The largest absolute Gasteiger partial charge is 0.493 e. The summed E-state index contributed by atoms with van der Waals surface area (Å²) in [4.78, 5) is 4.11. The molecule has 0 radical (unpaired) electrons. The Morgan fingerprint density at radius 2 is 1.90 bits per heavy atom. The van der Waals surface area contributed by atoms with Crippen molar-refractivity contribution in [1.82, 2.24) is 4.98 Å². The number of ether oxygens (including phenoxy) is 2. The number of hydrogen-bond acceptors (Lipinski definition) is 5. The van der Waals surface area contributed by atoms with Crippen LogP contribution in [-0.2, 0) is 0 Å². The summed E-state index contributed by atoms with van der Waals surface area (Å²) < 4.78 is 10.4. The highest BCUT2D eigenvalue weighted by molar-refractivity contribution is 6.29. The second-order valence-electron chi connectivity index (χ2n) is 3.87. The van der Waals surface area contributed by atoms with Gasteiger partial charge in [-0.3, -0.25) is 0 Å². The first-order chi connectivity index (χ1) is 9.66. The molecular weight excluding hydrogens is 278 g/mol. The van der Waals surface area contributed by atoms with E-state index in [2.05, 4.69) is 10.3 Å². The molecule has 0 atom stereocenters. The van der Waals surface area contributed by atoms with Gasteiger partial charge in [0.05, 0.1) is 25.9 Å². The monoisotopic (exact) mass is 289 g/mol. The normalized spacial score (nSPS) is 9.70. The lowest BCUT2D eigenvalue weighted by Crippen LogP contribution is -1.96. The van der Waals surface area contributed by atoms with Crippen LogP contribution in [0.3, 0.4) is 0 Å². The van der Waals surface area contributed by atoms with Crippen LogP contribution in [0, 0.1) is 11.3 Å². The molecule has 0 spiro atoms. The van der Waals surface area contributed by atoms with Crippen molar-refractivity contribution >= 4 is 23.1 Å². The highest BCUT2D eigenvalue weighted by Crippen LogP contribution is 2.31. The van der Waals surface area contributed by atoms with Crippen LogP contribution in [0.2, 0.25) is 5.15 Å². The first-order valence-corrected chi connectivity index (χ1v) is 6.11. The van der Waals surface area contributed by atoms with Gasteiger partial charge >= 0.3 is 0 Å². The predicted octanol–water partition coefficient (Wildman–Crippen LogP) is 3.37. The molecule has 6 heteroatoms. The fraction of sp³-hybridized carbons (Fsp3) is 0.143. The molecule has 1 aromatic carbocycles. The molecule has 0 saturated heterocycles. The molecule has 102 valence electrons. The summed E-state index contributed by atoms with van der Waals surface area (Å²) >= 11 is 5.85. The molecule has 1 heterocycles. The van der Waals surface area contributed by atoms with Crippen molar-refractivity contribution in [3.8, 4) is 17.6 Å². The molecule has 5 nitrogen and oxygen atoms in total. The fourth-order valence-electron chi connectivity index (χ4n) is 1.69. The highest BCUT2D eigenvalue weighted by atomic mass is 35.5. The van der Waals surface area contributed by atoms with E-state index in [0.29, 0.717) is 22.9 Å². The minimum Gasteiger partial charge on any atom is -0.493 e. The number of aromatic nitrogens is 1. The lowest BCUT2D eigenvalue weighted by Gasteiger charge is -2.11. The number of nitrogens with one attached hydrogen (secondary N) is 1. The molecule has 0 aliphatic carbocycles. The van der Waals surface area contributed by atoms with Crippen LogP contribution in [0.1, 0.15) is 5.56 Å². The number of anilines is 2. The Labute approximate surface area is 121 Å². The number of methoxy groups -OCH3 is 2. The maximum Gasteiger partial charge on any atom is 0.162 e. The quantitative estimate of drug-likeness (QED) is 0.874. The maximum atomic E-state index is 8.90. The van der Waals surface area contributed by atoms with Gasteiger partial charge < -0.3 is 14.8 Å². The van der Waals surface area contributed by atoms with Crippen LogP contribution in [0.4, 0.5) is 11.5 Å². The van der Waals surface area contributed by atoms with Crippen molar-refractivity contribution < 1.29 is 9.47 Å². The summed E-state index contributed by atoms with van der Waals surface area (Å²) in [6, 6.07) is 10.5. The van der Waals surface area contributed by atoms with Gasteiger partial charge in [0.15, 0.2) is 11.5 Å². The molecule has 0 unspecified atom stereocenters. The Morgan fingerprint density at radius 1 is 1.15 bits per heavy atom. The number of hydrogen-bond donors (Lipinski definition) is 1. The van der Waals surface area contributed by atoms with Crippen LogP contribution in [0.25, 0.3) is 0 Å². The van der Waals surface area contributed by atoms with Crippen LogP contribution in [0.15, 0.2) is 30.3 Å². The van der Waals surface area contributed by atoms with Gasteiger partial charge in [-0.25, -0.2) is 4.98 Å². The number of nitriles is 1. The van der Waals surface area contributed by atoms with Crippen LogP contribution in [0.5, 0.6) is 11.5 Å². The third-order valence-electron chi connectivity index (χ3n) is 2.58. The van der Waals surface area contributed by atoms with Gasteiger partial charge in [-0.2, -0.15) is 5.26 Å². The molecule has 0 saturated carbocycles. The zero-order chi connectivity index (χ0) is 14.5. The number of rotatable bonds is 4. The van der Waals surface area contributed by atoms with Gasteiger partial charge in [-0.15, -0.1) is 0 Å². The van der Waals surface area contributed by atoms with E-state index in [9.17, 15) is 0 Å². The van der Waals surface area contributed by atoms with Crippen LogP contribution < -0.4 is 14.8 Å². The standard InChI is InChI=1S/C14H12ClN3O2/c1-19-11-4-3-10(7-12(11)20-2)17-14-6-9(8-16)5-13(15)18-14/h3-7H,1-2H3,(H,17,18). The number of nitrogens with zero attached hydrogens (tertiary/aromatic N) is 2. The maximum absolute atomic E-state index is 8.90. The third-order valence-corrected chi connectivity index (χ3v) is 2.77. The number of benzene rings is 1. The van der Waals surface area contributed by atoms with Gasteiger partial charge in [-0.05, 0) is 24.3 Å². The molecule has 2 aromatic rings. The number of pyridine rings is 1. The SMILES string of the molecule is COc1ccc(Nc2cc(C#N)cc(Cl)n2)cc1OC. The van der Waals surface area contributed by atoms with E-state index in [1.807, 2.05) is 12.1 Å². The van der Waals surface area contributed by atoms with Crippen molar-refractivity contribution in [3.05, 3.63) is 41.0 Å². The van der Waals surface area contributed by atoms with Crippen molar-refractivity contribution in [1.29, 1.82) is 5.26 Å². The van der Waals surface area contributed by atoms with E-state index in [-0.39, 0.29) is 5.15 Å². The van der Waals surface area contributed by atoms with E-state index in [1.54, 1.807) is 32.4 Å². The summed E-state index contributed by atoms with van der Waals surface area (Å²) in [7, 11) is 3.13. The van der Waals surface area contributed by atoms with Crippen LogP contribution in [-0.4, -0.2) is 19.2 Å². The first-order valence-electron chi connectivity index (χ1n) is 5.73. The molecule has 0 amide bonds. The number of halogens is 1. The Hall–Kier alpha value is -2.45. The van der Waals surface area contributed by atoms with Crippen molar-refractivity contribution in [3.63, 3.8) is 0 Å². The molecule has 0 bridgehead atoms. The van der Waals surface area contributed by atoms with Crippen molar-refractivity contribution in [2.75, 3.05) is 19.5 Å². The zero-order valence-corrected chi connectivity index (χ0v) is 11.7. The third kappa shape index (κ3) is 3.11.